The summed E-state index contributed by atoms with van der Waals surface area (Å²) < 4.78 is 6.44. The van der Waals surface area contributed by atoms with Gasteiger partial charge in [0, 0.05) is 10.8 Å². The molecule has 0 amide bonds. The van der Waals surface area contributed by atoms with Crippen LogP contribution in [0.5, 0.6) is 0 Å². The van der Waals surface area contributed by atoms with Gasteiger partial charge in [0.25, 0.3) is 0 Å². The molecule has 0 spiro atoms. The lowest BCUT2D eigenvalue weighted by Gasteiger charge is -2.18. The van der Waals surface area contributed by atoms with Gasteiger partial charge in [-0.3, -0.25) is 0 Å². The molecule has 9 aromatic carbocycles. The Kier molecular flexibility index (Phi) is 6.25. The van der Waals surface area contributed by atoms with Crippen LogP contribution in [0.4, 0.5) is 0 Å². The minimum Gasteiger partial charge on any atom is -0.456 e. The molecule has 228 valence electrons. The summed E-state index contributed by atoms with van der Waals surface area (Å²) in [6, 6.07) is 65.7. The third-order valence-electron chi connectivity index (χ3n) is 10.0. The molecule has 0 aliphatic rings. The second-order valence-electron chi connectivity index (χ2n) is 12.8. The predicted octanol–water partition coefficient (Wildman–Crippen LogP) is 13.7. The van der Waals surface area contributed by atoms with E-state index in [2.05, 4.69) is 182 Å². The quantitative estimate of drug-likeness (QED) is 0.178. The van der Waals surface area contributed by atoms with Crippen LogP contribution < -0.4 is 0 Å². The van der Waals surface area contributed by atoms with Crippen molar-refractivity contribution < 1.29 is 4.42 Å². The first-order valence-corrected chi connectivity index (χ1v) is 16.8. The summed E-state index contributed by atoms with van der Waals surface area (Å²) in [4.78, 5) is 0. The zero-order valence-corrected chi connectivity index (χ0v) is 26.7. The molecule has 0 unspecified atom stereocenters. The van der Waals surface area contributed by atoms with Gasteiger partial charge in [-0.2, -0.15) is 0 Å². The van der Waals surface area contributed by atoms with E-state index in [0.29, 0.717) is 0 Å². The Balaban J connectivity index is 1.22. The van der Waals surface area contributed by atoms with Crippen molar-refractivity contribution in [2.75, 3.05) is 0 Å². The maximum atomic E-state index is 6.44. The monoisotopic (exact) mass is 622 g/mol. The molecular weight excluding hydrogens is 593 g/mol. The average Bonchev–Trinajstić information content (AvgIpc) is 3.57. The molecule has 0 atom stereocenters. The number of benzene rings is 9. The molecular formula is C48H30O. The van der Waals surface area contributed by atoms with Crippen molar-refractivity contribution in [1.82, 2.24) is 0 Å². The van der Waals surface area contributed by atoms with Crippen LogP contribution in [-0.4, -0.2) is 0 Å². The van der Waals surface area contributed by atoms with Crippen LogP contribution >= 0.6 is 0 Å². The van der Waals surface area contributed by atoms with E-state index in [0.717, 1.165) is 16.6 Å². The van der Waals surface area contributed by atoms with Gasteiger partial charge in [-0.1, -0.05) is 158 Å². The first-order chi connectivity index (χ1) is 24.3. The van der Waals surface area contributed by atoms with Gasteiger partial charge in [0.2, 0.25) is 0 Å². The summed E-state index contributed by atoms with van der Waals surface area (Å²) in [5, 5.41) is 9.76. The van der Waals surface area contributed by atoms with Crippen molar-refractivity contribution in [2.45, 2.75) is 0 Å². The van der Waals surface area contributed by atoms with E-state index in [1.807, 2.05) is 0 Å². The van der Waals surface area contributed by atoms with E-state index in [-0.39, 0.29) is 0 Å². The van der Waals surface area contributed by atoms with Crippen LogP contribution in [0.25, 0.3) is 98.8 Å². The van der Waals surface area contributed by atoms with E-state index >= 15 is 0 Å². The van der Waals surface area contributed by atoms with Crippen molar-refractivity contribution in [3.8, 4) is 44.5 Å². The third-order valence-corrected chi connectivity index (χ3v) is 10.0. The fraction of sp³-hybridized carbons (Fsp3) is 0. The topological polar surface area (TPSA) is 13.1 Å². The van der Waals surface area contributed by atoms with Gasteiger partial charge in [-0.05, 0) is 101 Å². The van der Waals surface area contributed by atoms with Crippen LogP contribution in [0.2, 0.25) is 0 Å². The molecule has 49 heavy (non-hydrogen) atoms. The maximum absolute atomic E-state index is 6.44. The Labute approximate surface area is 284 Å². The Bertz CT molecular complexity index is 2820. The van der Waals surface area contributed by atoms with Gasteiger partial charge in [-0.25, -0.2) is 0 Å². The zero-order valence-electron chi connectivity index (χ0n) is 26.7. The molecule has 1 nitrogen and oxygen atoms in total. The van der Waals surface area contributed by atoms with E-state index in [1.54, 1.807) is 0 Å². The zero-order chi connectivity index (χ0) is 32.3. The SMILES string of the molecule is c1ccc(-c2cccc(-c3c4ccccc4c(-c4cccc(-c5cccc6oc7ccc8ccccc8c7c56)c4)c4ccccc34)c2)cc1. The molecule has 0 bridgehead atoms. The van der Waals surface area contributed by atoms with Crippen LogP contribution in [-0.2, 0) is 0 Å². The second-order valence-corrected chi connectivity index (χ2v) is 12.8. The maximum Gasteiger partial charge on any atom is 0.136 e. The highest BCUT2D eigenvalue weighted by molar-refractivity contribution is 6.24. The van der Waals surface area contributed by atoms with Crippen LogP contribution in [0.1, 0.15) is 0 Å². The smallest absolute Gasteiger partial charge is 0.136 e. The molecule has 0 fully saturated rings. The average molecular weight is 623 g/mol. The summed E-state index contributed by atoms with van der Waals surface area (Å²) in [5.74, 6) is 0. The lowest BCUT2D eigenvalue weighted by molar-refractivity contribution is 0.669. The molecule has 1 heteroatoms. The highest BCUT2D eigenvalue weighted by Gasteiger charge is 2.19. The van der Waals surface area contributed by atoms with E-state index in [4.69, 9.17) is 4.42 Å². The Hall–Kier alpha value is -6.44. The Morgan fingerprint density at radius 2 is 0.776 bits per heavy atom. The number of furan rings is 1. The molecule has 0 saturated heterocycles. The number of hydrogen-bond donors (Lipinski definition) is 0. The molecule has 0 radical (unpaired) electrons. The standard InChI is InChI=1S/C48H30O/c1-2-13-31(14-3-1)33-16-10-18-35(29-33)45-39-21-6-8-23-41(39)46(42-24-9-7-22-40(42)45)36-19-11-17-34(30-36)38-25-12-26-43-48(38)47-37-20-5-4-15-32(37)27-28-44(47)49-43/h1-30H. The first-order valence-electron chi connectivity index (χ1n) is 16.8. The fourth-order valence-electron chi connectivity index (χ4n) is 7.91. The first kappa shape index (κ1) is 27.7. The predicted molar refractivity (Wildman–Crippen MR) is 208 cm³/mol. The molecule has 1 heterocycles. The Morgan fingerprint density at radius 1 is 0.286 bits per heavy atom. The highest BCUT2D eigenvalue weighted by Crippen LogP contribution is 2.46. The number of fused-ring (bicyclic) bond motifs is 7. The van der Waals surface area contributed by atoms with Crippen molar-refractivity contribution in [1.29, 1.82) is 0 Å². The Morgan fingerprint density at radius 3 is 1.45 bits per heavy atom. The minimum atomic E-state index is 0.909. The highest BCUT2D eigenvalue weighted by atomic mass is 16.3. The fourth-order valence-corrected chi connectivity index (χ4v) is 7.91. The van der Waals surface area contributed by atoms with E-state index in [9.17, 15) is 0 Å². The summed E-state index contributed by atoms with van der Waals surface area (Å²) in [7, 11) is 0. The molecule has 1 aromatic heterocycles. The second kappa shape index (κ2) is 11.1. The summed E-state index contributed by atoms with van der Waals surface area (Å²) in [6.45, 7) is 0. The number of rotatable bonds is 4. The van der Waals surface area contributed by atoms with Gasteiger partial charge in [-0.15, -0.1) is 0 Å². The van der Waals surface area contributed by atoms with E-state index < -0.39 is 0 Å². The minimum absolute atomic E-state index is 0.909. The molecule has 0 saturated carbocycles. The summed E-state index contributed by atoms with van der Waals surface area (Å²) in [5.41, 5.74) is 11.6. The lowest BCUT2D eigenvalue weighted by atomic mass is 9.85. The van der Waals surface area contributed by atoms with E-state index in [1.165, 1.54) is 82.2 Å². The molecule has 0 N–H and O–H groups in total. The van der Waals surface area contributed by atoms with Gasteiger partial charge < -0.3 is 4.42 Å². The van der Waals surface area contributed by atoms with Crippen molar-refractivity contribution in [3.63, 3.8) is 0 Å². The van der Waals surface area contributed by atoms with Gasteiger partial charge in [0.15, 0.2) is 0 Å². The normalized spacial score (nSPS) is 11.7. The largest absolute Gasteiger partial charge is 0.456 e. The van der Waals surface area contributed by atoms with Gasteiger partial charge >= 0.3 is 0 Å². The molecule has 10 aromatic rings. The number of hydrogen-bond acceptors (Lipinski definition) is 1. The third kappa shape index (κ3) is 4.40. The van der Waals surface area contributed by atoms with Gasteiger partial charge in [0.1, 0.15) is 11.2 Å². The molecule has 10 rings (SSSR count). The van der Waals surface area contributed by atoms with Crippen LogP contribution in [0.15, 0.2) is 186 Å². The molecule has 0 aliphatic heterocycles. The lowest BCUT2D eigenvalue weighted by Crippen LogP contribution is -1.91. The van der Waals surface area contributed by atoms with Crippen LogP contribution in [0, 0.1) is 0 Å². The van der Waals surface area contributed by atoms with Crippen molar-refractivity contribution in [3.05, 3.63) is 182 Å². The van der Waals surface area contributed by atoms with Crippen molar-refractivity contribution >= 4 is 54.3 Å². The summed E-state index contributed by atoms with van der Waals surface area (Å²) in [6.07, 6.45) is 0. The van der Waals surface area contributed by atoms with Crippen LogP contribution in [0.3, 0.4) is 0 Å². The van der Waals surface area contributed by atoms with Crippen molar-refractivity contribution in [2.24, 2.45) is 0 Å². The molecule has 0 aliphatic carbocycles. The summed E-state index contributed by atoms with van der Waals surface area (Å²) >= 11 is 0. The van der Waals surface area contributed by atoms with Gasteiger partial charge in [0.05, 0.1) is 0 Å².